The molecular formula is C14H18N4O2. The van der Waals surface area contributed by atoms with E-state index in [9.17, 15) is 9.90 Å². The van der Waals surface area contributed by atoms with Crippen molar-refractivity contribution in [1.82, 2.24) is 20.2 Å². The lowest BCUT2D eigenvalue weighted by atomic mass is 9.94. The summed E-state index contributed by atoms with van der Waals surface area (Å²) in [5.41, 5.74) is 1.19. The molecule has 6 heteroatoms. The molecule has 1 aromatic carbocycles. The van der Waals surface area contributed by atoms with Crippen molar-refractivity contribution < 1.29 is 9.90 Å². The van der Waals surface area contributed by atoms with E-state index in [1.54, 1.807) is 13.8 Å². The zero-order valence-corrected chi connectivity index (χ0v) is 11.9. The van der Waals surface area contributed by atoms with Gasteiger partial charge in [-0.15, -0.1) is 5.10 Å². The second-order valence-electron chi connectivity index (χ2n) is 5.40. The predicted molar refractivity (Wildman–Crippen MR) is 74.0 cm³/mol. The normalized spacial score (nSPS) is 11.6. The molecule has 0 fully saturated rings. The summed E-state index contributed by atoms with van der Waals surface area (Å²) in [6.07, 6.45) is 0.970. The lowest BCUT2D eigenvalue weighted by Gasteiger charge is -2.19. The number of carbonyl (C=O) groups is 1. The van der Waals surface area contributed by atoms with Gasteiger partial charge in [-0.2, -0.15) is 0 Å². The van der Waals surface area contributed by atoms with E-state index in [1.807, 2.05) is 24.3 Å². The molecule has 1 heterocycles. The van der Waals surface area contributed by atoms with Gasteiger partial charge in [0.25, 0.3) is 0 Å². The number of carboxylic acid groups (broad SMARTS) is 1. The zero-order valence-electron chi connectivity index (χ0n) is 11.9. The number of aryl methyl sites for hydroxylation is 1. The van der Waals surface area contributed by atoms with Gasteiger partial charge in [-0.1, -0.05) is 31.2 Å². The molecule has 0 aliphatic rings. The highest BCUT2D eigenvalue weighted by Crippen LogP contribution is 2.22. The Hall–Kier alpha value is -2.24. The van der Waals surface area contributed by atoms with Crippen molar-refractivity contribution in [1.29, 1.82) is 0 Å². The summed E-state index contributed by atoms with van der Waals surface area (Å²) < 4.78 is 1.54. The number of carboxylic acids is 1. The SMILES string of the molecule is CCc1ccc(-c2nnnn2CC(C)(C)C(=O)O)cc1. The topological polar surface area (TPSA) is 80.9 Å². The number of aliphatic carboxylic acids is 1. The van der Waals surface area contributed by atoms with Gasteiger partial charge in [-0.25, -0.2) is 4.68 Å². The van der Waals surface area contributed by atoms with Crippen LogP contribution in [0.4, 0.5) is 0 Å². The largest absolute Gasteiger partial charge is 0.481 e. The fraction of sp³-hybridized carbons (Fsp3) is 0.429. The Balaban J connectivity index is 2.30. The first-order valence-electron chi connectivity index (χ1n) is 6.53. The minimum absolute atomic E-state index is 0.222. The van der Waals surface area contributed by atoms with Crippen LogP contribution in [0, 0.1) is 5.41 Å². The van der Waals surface area contributed by atoms with Gasteiger partial charge in [0.2, 0.25) is 0 Å². The smallest absolute Gasteiger partial charge is 0.310 e. The third kappa shape index (κ3) is 2.84. The first kappa shape index (κ1) is 14.2. The Morgan fingerprint density at radius 2 is 1.95 bits per heavy atom. The third-order valence-electron chi connectivity index (χ3n) is 3.28. The van der Waals surface area contributed by atoms with Crippen molar-refractivity contribution >= 4 is 5.97 Å². The summed E-state index contributed by atoms with van der Waals surface area (Å²) in [7, 11) is 0. The van der Waals surface area contributed by atoms with Gasteiger partial charge < -0.3 is 5.11 Å². The van der Waals surface area contributed by atoms with E-state index in [1.165, 1.54) is 10.2 Å². The quantitative estimate of drug-likeness (QED) is 0.902. The molecule has 0 aliphatic carbocycles. The fourth-order valence-corrected chi connectivity index (χ4v) is 1.85. The van der Waals surface area contributed by atoms with Crippen molar-refractivity contribution in [3.05, 3.63) is 29.8 Å². The maximum Gasteiger partial charge on any atom is 0.310 e. The van der Waals surface area contributed by atoms with Crippen LogP contribution in [-0.2, 0) is 17.8 Å². The average Bonchev–Trinajstić information content (AvgIpc) is 2.86. The number of aromatic nitrogens is 4. The van der Waals surface area contributed by atoms with E-state index < -0.39 is 11.4 Å². The molecule has 20 heavy (non-hydrogen) atoms. The number of rotatable bonds is 5. The van der Waals surface area contributed by atoms with Gasteiger partial charge in [0, 0.05) is 5.56 Å². The molecule has 6 nitrogen and oxygen atoms in total. The van der Waals surface area contributed by atoms with E-state index in [4.69, 9.17) is 0 Å². The minimum atomic E-state index is -0.923. The zero-order chi connectivity index (χ0) is 14.8. The van der Waals surface area contributed by atoms with E-state index in [-0.39, 0.29) is 6.54 Å². The lowest BCUT2D eigenvalue weighted by Crippen LogP contribution is -2.30. The molecule has 0 amide bonds. The van der Waals surface area contributed by atoms with Gasteiger partial charge >= 0.3 is 5.97 Å². The van der Waals surface area contributed by atoms with E-state index >= 15 is 0 Å². The molecule has 0 unspecified atom stereocenters. The number of hydrogen-bond acceptors (Lipinski definition) is 4. The summed E-state index contributed by atoms with van der Waals surface area (Å²) in [6, 6.07) is 7.96. The molecule has 0 spiro atoms. The van der Waals surface area contributed by atoms with Gasteiger partial charge in [0.1, 0.15) is 0 Å². The van der Waals surface area contributed by atoms with Crippen molar-refractivity contribution in [3.63, 3.8) is 0 Å². The first-order valence-corrected chi connectivity index (χ1v) is 6.53. The maximum absolute atomic E-state index is 11.2. The highest BCUT2D eigenvalue weighted by atomic mass is 16.4. The summed E-state index contributed by atoms with van der Waals surface area (Å²) >= 11 is 0. The molecule has 2 aromatic rings. The van der Waals surface area contributed by atoms with E-state index in [0.717, 1.165) is 12.0 Å². The highest BCUT2D eigenvalue weighted by molar-refractivity contribution is 5.73. The molecule has 2 rings (SSSR count). The van der Waals surface area contributed by atoms with Gasteiger partial charge in [-0.3, -0.25) is 4.79 Å². The summed E-state index contributed by atoms with van der Waals surface area (Å²) in [5.74, 6) is -0.290. The number of tetrazole rings is 1. The van der Waals surface area contributed by atoms with Crippen LogP contribution in [0.25, 0.3) is 11.4 Å². The average molecular weight is 274 g/mol. The number of hydrogen-bond donors (Lipinski definition) is 1. The molecule has 0 bridgehead atoms. The van der Waals surface area contributed by atoms with Gasteiger partial charge in [0.15, 0.2) is 5.82 Å². The van der Waals surface area contributed by atoms with E-state index in [0.29, 0.717) is 5.82 Å². The Bertz CT molecular complexity index is 602. The van der Waals surface area contributed by atoms with Gasteiger partial charge in [0.05, 0.1) is 12.0 Å². The maximum atomic E-state index is 11.2. The Morgan fingerprint density at radius 1 is 1.30 bits per heavy atom. The Morgan fingerprint density at radius 3 is 2.50 bits per heavy atom. The molecule has 0 aliphatic heterocycles. The molecule has 0 saturated heterocycles. The lowest BCUT2D eigenvalue weighted by molar-refractivity contribution is -0.147. The summed E-state index contributed by atoms with van der Waals surface area (Å²) in [6.45, 7) is 5.62. The molecule has 1 aromatic heterocycles. The second kappa shape index (κ2) is 5.40. The molecule has 0 atom stereocenters. The van der Waals surface area contributed by atoms with Crippen LogP contribution in [0.15, 0.2) is 24.3 Å². The monoisotopic (exact) mass is 274 g/mol. The fourth-order valence-electron chi connectivity index (χ4n) is 1.85. The van der Waals surface area contributed by atoms with Crippen LogP contribution in [0.5, 0.6) is 0 Å². The Labute approximate surface area is 117 Å². The predicted octanol–water partition coefficient (Wildman–Crippen LogP) is 2.01. The van der Waals surface area contributed by atoms with Crippen LogP contribution >= 0.6 is 0 Å². The van der Waals surface area contributed by atoms with Crippen LogP contribution < -0.4 is 0 Å². The van der Waals surface area contributed by atoms with Gasteiger partial charge in [-0.05, 0) is 36.3 Å². The molecule has 1 N–H and O–H groups in total. The van der Waals surface area contributed by atoms with E-state index in [2.05, 4.69) is 22.4 Å². The standard InChI is InChI=1S/C14H18N4O2/c1-4-10-5-7-11(8-6-10)12-15-16-17-18(12)9-14(2,3)13(19)20/h5-8H,4,9H2,1-3H3,(H,19,20). The van der Waals surface area contributed by atoms with Crippen LogP contribution in [-0.4, -0.2) is 31.3 Å². The summed E-state index contributed by atoms with van der Waals surface area (Å²) in [5, 5.41) is 20.7. The summed E-state index contributed by atoms with van der Waals surface area (Å²) in [4.78, 5) is 11.2. The van der Waals surface area contributed by atoms with Crippen LogP contribution in [0.2, 0.25) is 0 Å². The van der Waals surface area contributed by atoms with Crippen LogP contribution in [0.1, 0.15) is 26.3 Å². The molecular weight excluding hydrogens is 256 g/mol. The second-order valence-corrected chi connectivity index (χ2v) is 5.40. The minimum Gasteiger partial charge on any atom is -0.481 e. The number of nitrogens with zero attached hydrogens (tertiary/aromatic N) is 4. The molecule has 0 saturated carbocycles. The van der Waals surface area contributed by atoms with Crippen molar-refractivity contribution in [3.8, 4) is 11.4 Å². The first-order chi connectivity index (χ1) is 9.44. The Kier molecular flexibility index (Phi) is 3.83. The van der Waals surface area contributed by atoms with Crippen molar-refractivity contribution in [2.75, 3.05) is 0 Å². The third-order valence-corrected chi connectivity index (χ3v) is 3.28. The molecule has 106 valence electrons. The van der Waals surface area contributed by atoms with Crippen LogP contribution in [0.3, 0.4) is 0 Å². The molecule has 0 radical (unpaired) electrons. The highest BCUT2D eigenvalue weighted by Gasteiger charge is 2.29. The van der Waals surface area contributed by atoms with Crippen molar-refractivity contribution in [2.45, 2.75) is 33.7 Å². The van der Waals surface area contributed by atoms with Crippen molar-refractivity contribution in [2.24, 2.45) is 5.41 Å². The number of benzene rings is 1.